The lowest BCUT2D eigenvalue weighted by Gasteiger charge is -2.25. The summed E-state index contributed by atoms with van der Waals surface area (Å²) in [6.45, 7) is 7.23. The number of amides is 1. The summed E-state index contributed by atoms with van der Waals surface area (Å²) < 4.78 is 16.1. The highest BCUT2D eigenvalue weighted by Gasteiger charge is 2.24. The maximum Gasteiger partial charge on any atom is 0.302 e. The Bertz CT molecular complexity index is 924. The first-order valence-corrected chi connectivity index (χ1v) is 10.3. The number of para-hydroxylation sites is 1. The Hall–Kier alpha value is -3.35. The third-order valence-corrected chi connectivity index (χ3v) is 4.43. The third kappa shape index (κ3) is 6.84. The van der Waals surface area contributed by atoms with E-state index in [1.165, 1.54) is 18.7 Å². The standard InChI is InChI=1S/C24H29NO6/c1-5-19-9-7-8-10-22(19)25(16-17(3)26)24(28)21-12-11-20(15-23(21)29-6-2)31-14-13-30-18(4)27/h7-12,15H,5-6,13-14,16H2,1-4H3. The second-order valence-corrected chi connectivity index (χ2v) is 6.86. The normalized spacial score (nSPS) is 10.3. The molecule has 166 valence electrons. The molecule has 0 heterocycles. The lowest BCUT2D eigenvalue weighted by molar-refractivity contribution is -0.141. The summed E-state index contributed by atoms with van der Waals surface area (Å²) in [5.41, 5.74) is 2.01. The number of Topliss-reactive ketones (excluding diaryl/α,β-unsaturated/α-hetero) is 1. The van der Waals surface area contributed by atoms with Crippen LogP contribution in [0.5, 0.6) is 11.5 Å². The van der Waals surface area contributed by atoms with Crippen molar-refractivity contribution in [1.29, 1.82) is 0 Å². The van der Waals surface area contributed by atoms with Gasteiger partial charge in [-0.3, -0.25) is 14.4 Å². The van der Waals surface area contributed by atoms with Crippen LogP contribution in [0.25, 0.3) is 0 Å². The minimum Gasteiger partial charge on any atom is -0.493 e. The van der Waals surface area contributed by atoms with Gasteiger partial charge in [-0.2, -0.15) is 0 Å². The molecule has 0 bridgehead atoms. The van der Waals surface area contributed by atoms with Gasteiger partial charge in [-0.05, 0) is 44.0 Å². The Labute approximate surface area is 182 Å². The second kappa shape index (κ2) is 11.7. The third-order valence-electron chi connectivity index (χ3n) is 4.43. The number of rotatable bonds is 11. The number of anilines is 1. The number of hydrogen-bond donors (Lipinski definition) is 0. The largest absolute Gasteiger partial charge is 0.493 e. The molecule has 7 nitrogen and oxygen atoms in total. The fourth-order valence-corrected chi connectivity index (χ4v) is 3.10. The zero-order chi connectivity index (χ0) is 22.8. The summed E-state index contributed by atoms with van der Waals surface area (Å²) in [5.74, 6) is 0.0189. The average Bonchev–Trinajstić information content (AvgIpc) is 2.75. The Kier molecular flexibility index (Phi) is 9.06. The number of benzene rings is 2. The number of aryl methyl sites for hydroxylation is 1. The van der Waals surface area contributed by atoms with Crippen LogP contribution in [0.1, 0.15) is 43.6 Å². The lowest BCUT2D eigenvalue weighted by atomic mass is 10.1. The summed E-state index contributed by atoms with van der Waals surface area (Å²) in [4.78, 5) is 37.8. The zero-order valence-corrected chi connectivity index (χ0v) is 18.5. The van der Waals surface area contributed by atoms with Gasteiger partial charge in [0.05, 0.1) is 18.7 Å². The van der Waals surface area contributed by atoms with Gasteiger partial charge in [-0.1, -0.05) is 25.1 Å². The first-order valence-electron chi connectivity index (χ1n) is 10.3. The molecular weight excluding hydrogens is 398 g/mol. The fourth-order valence-electron chi connectivity index (χ4n) is 3.10. The number of carbonyl (C=O) groups is 3. The van der Waals surface area contributed by atoms with E-state index in [2.05, 4.69) is 0 Å². The second-order valence-electron chi connectivity index (χ2n) is 6.86. The van der Waals surface area contributed by atoms with Gasteiger partial charge >= 0.3 is 5.97 Å². The highest BCUT2D eigenvalue weighted by Crippen LogP contribution is 2.29. The van der Waals surface area contributed by atoms with E-state index >= 15 is 0 Å². The maximum absolute atomic E-state index is 13.5. The van der Waals surface area contributed by atoms with Crippen LogP contribution in [0.4, 0.5) is 5.69 Å². The Morgan fingerprint density at radius 3 is 2.32 bits per heavy atom. The van der Waals surface area contributed by atoms with Crippen molar-refractivity contribution in [3.8, 4) is 11.5 Å². The molecule has 0 aliphatic rings. The molecule has 0 fully saturated rings. The van der Waals surface area contributed by atoms with Crippen LogP contribution in [0.2, 0.25) is 0 Å². The SMILES string of the molecule is CCOc1cc(OCCOC(C)=O)ccc1C(=O)N(CC(C)=O)c1ccccc1CC. The van der Waals surface area contributed by atoms with E-state index in [1.807, 2.05) is 38.1 Å². The van der Waals surface area contributed by atoms with Crippen LogP contribution >= 0.6 is 0 Å². The first kappa shape index (κ1) is 23.9. The maximum atomic E-state index is 13.5. The lowest BCUT2D eigenvalue weighted by Crippen LogP contribution is -2.36. The van der Waals surface area contributed by atoms with E-state index in [0.717, 1.165) is 12.0 Å². The molecule has 0 aromatic heterocycles. The summed E-state index contributed by atoms with van der Waals surface area (Å²) >= 11 is 0. The van der Waals surface area contributed by atoms with Gasteiger partial charge in [-0.15, -0.1) is 0 Å². The van der Waals surface area contributed by atoms with Crippen molar-refractivity contribution in [1.82, 2.24) is 0 Å². The van der Waals surface area contributed by atoms with Crippen LogP contribution in [0.3, 0.4) is 0 Å². The van der Waals surface area contributed by atoms with Crippen molar-refractivity contribution in [3.63, 3.8) is 0 Å². The predicted octanol–water partition coefficient (Wildman–Crippen LogP) is 3.83. The quantitative estimate of drug-likeness (QED) is 0.400. The minimum atomic E-state index is -0.377. The summed E-state index contributed by atoms with van der Waals surface area (Å²) in [6, 6.07) is 12.4. The van der Waals surface area contributed by atoms with Gasteiger partial charge in [0.15, 0.2) is 0 Å². The molecule has 0 spiro atoms. The molecule has 0 saturated carbocycles. The Morgan fingerprint density at radius 2 is 1.68 bits per heavy atom. The summed E-state index contributed by atoms with van der Waals surface area (Å²) in [5, 5.41) is 0. The van der Waals surface area contributed by atoms with E-state index in [-0.39, 0.29) is 37.4 Å². The van der Waals surface area contributed by atoms with Gasteiger partial charge < -0.3 is 19.1 Å². The first-order chi connectivity index (χ1) is 14.9. The molecule has 31 heavy (non-hydrogen) atoms. The molecule has 7 heteroatoms. The molecule has 0 atom stereocenters. The predicted molar refractivity (Wildman–Crippen MR) is 118 cm³/mol. The number of ether oxygens (including phenoxy) is 3. The van der Waals surface area contributed by atoms with Gasteiger partial charge in [-0.25, -0.2) is 0 Å². The summed E-state index contributed by atoms with van der Waals surface area (Å²) in [6.07, 6.45) is 0.727. The van der Waals surface area contributed by atoms with E-state index in [9.17, 15) is 14.4 Å². The number of hydrogen-bond acceptors (Lipinski definition) is 6. The molecule has 0 aliphatic carbocycles. The average molecular weight is 427 g/mol. The zero-order valence-electron chi connectivity index (χ0n) is 18.5. The van der Waals surface area contributed by atoms with Crippen LogP contribution < -0.4 is 14.4 Å². The molecule has 2 rings (SSSR count). The molecule has 0 unspecified atom stereocenters. The highest BCUT2D eigenvalue weighted by atomic mass is 16.6. The van der Waals surface area contributed by atoms with Crippen molar-refractivity contribution in [2.75, 3.05) is 31.3 Å². The Morgan fingerprint density at radius 1 is 0.935 bits per heavy atom. The van der Waals surface area contributed by atoms with E-state index < -0.39 is 0 Å². The van der Waals surface area contributed by atoms with E-state index in [0.29, 0.717) is 29.4 Å². The summed E-state index contributed by atoms with van der Waals surface area (Å²) in [7, 11) is 0. The van der Waals surface area contributed by atoms with Crippen LogP contribution in [0, 0.1) is 0 Å². The van der Waals surface area contributed by atoms with Crippen LogP contribution in [-0.2, 0) is 20.7 Å². The molecule has 0 saturated heterocycles. The number of nitrogens with zero attached hydrogens (tertiary/aromatic N) is 1. The number of ketones is 1. The van der Waals surface area contributed by atoms with Gasteiger partial charge in [0, 0.05) is 18.7 Å². The molecular formula is C24H29NO6. The smallest absolute Gasteiger partial charge is 0.302 e. The molecule has 1 amide bonds. The monoisotopic (exact) mass is 427 g/mol. The van der Waals surface area contributed by atoms with Crippen LogP contribution in [0.15, 0.2) is 42.5 Å². The van der Waals surface area contributed by atoms with Gasteiger partial charge in [0.2, 0.25) is 0 Å². The number of esters is 1. The highest BCUT2D eigenvalue weighted by molar-refractivity contribution is 6.10. The van der Waals surface area contributed by atoms with Gasteiger partial charge in [0.25, 0.3) is 5.91 Å². The number of carbonyl (C=O) groups excluding carboxylic acids is 3. The Balaban J connectivity index is 2.34. The van der Waals surface area contributed by atoms with Crippen molar-refractivity contribution in [2.45, 2.75) is 34.1 Å². The van der Waals surface area contributed by atoms with Crippen molar-refractivity contribution >= 4 is 23.3 Å². The van der Waals surface area contributed by atoms with Crippen molar-refractivity contribution in [2.24, 2.45) is 0 Å². The van der Waals surface area contributed by atoms with E-state index in [1.54, 1.807) is 18.2 Å². The van der Waals surface area contributed by atoms with E-state index in [4.69, 9.17) is 14.2 Å². The van der Waals surface area contributed by atoms with Crippen molar-refractivity contribution in [3.05, 3.63) is 53.6 Å². The minimum absolute atomic E-state index is 0.0396. The topological polar surface area (TPSA) is 82.1 Å². The molecule has 2 aromatic carbocycles. The molecule has 0 aliphatic heterocycles. The fraction of sp³-hybridized carbons (Fsp3) is 0.375. The van der Waals surface area contributed by atoms with Crippen LogP contribution in [-0.4, -0.2) is 44.0 Å². The molecule has 0 radical (unpaired) electrons. The van der Waals surface area contributed by atoms with Crippen molar-refractivity contribution < 1.29 is 28.6 Å². The molecule has 2 aromatic rings. The molecule has 0 N–H and O–H groups in total. The van der Waals surface area contributed by atoms with Gasteiger partial charge in [0.1, 0.15) is 30.5 Å².